The topological polar surface area (TPSA) is 38.3 Å². The predicted molar refractivity (Wildman–Crippen MR) is 50.8 cm³/mol. The molecule has 0 fully saturated rings. The average molecular weight is 189 g/mol. The van der Waals surface area contributed by atoms with E-state index in [4.69, 9.17) is 8.83 Å². The van der Waals surface area contributed by atoms with Gasteiger partial charge in [0.05, 0.1) is 19.5 Å². The molecule has 1 aliphatic rings. The predicted octanol–water partition coefficient (Wildman–Crippen LogP) is 2.07. The van der Waals surface area contributed by atoms with Gasteiger partial charge in [-0.1, -0.05) is 0 Å². The van der Waals surface area contributed by atoms with Crippen LogP contribution in [-0.2, 0) is 19.5 Å². The van der Waals surface area contributed by atoms with Crippen molar-refractivity contribution >= 4 is 0 Å². The SMILES string of the molecule is c1cc2oc1CNCc1ccc(o1)C2. The molecular formula is C11H11NO2. The van der Waals surface area contributed by atoms with Crippen molar-refractivity contribution in [2.24, 2.45) is 0 Å². The Morgan fingerprint density at radius 1 is 0.786 bits per heavy atom. The Labute approximate surface area is 81.7 Å². The normalized spacial score (nSPS) is 15.4. The molecule has 0 atom stereocenters. The molecule has 72 valence electrons. The smallest absolute Gasteiger partial charge is 0.117 e. The lowest BCUT2D eigenvalue weighted by Crippen LogP contribution is -2.11. The summed E-state index contributed by atoms with van der Waals surface area (Å²) in [6, 6.07) is 8.03. The molecule has 1 aliphatic heterocycles. The maximum atomic E-state index is 5.60. The van der Waals surface area contributed by atoms with Crippen LogP contribution in [0.15, 0.2) is 33.1 Å². The molecule has 0 radical (unpaired) electrons. The fourth-order valence-corrected chi connectivity index (χ4v) is 1.71. The van der Waals surface area contributed by atoms with Gasteiger partial charge in [0, 0.05) is 0 Å². The Balaban J connectivity index is 2.00. The van der Waals surface area contributed by atoms with Gasteiger partial charge in [0.1, 0.15) is 23.0 Å². The first-order valence-corrected chi connectivity index (χ1v) is 4.76. The summed E-state index contributed by atoms with van der Waals surface area (Å²) in [6.45, 7) is 1.52. The molecule has 0 saturated heterocycles. The maximum Gasteiger partial charge on any atom is 0.117 e. The van der Waals surface area contributed by atoms with Crippen LogP contribution in [-0.4, -0.2) is 0 Å². The van der Waals surface area contributed by atoms with E-state index >= 15 is 0 Å². The third-order valence-electron chi connectivity index (χ3n) is 2.38. The highest BCUT2D eigenvalue weighted by Crippen LogP contribution is 2.17. The quantitative estimate of drug-likeness (QED) is 0.689. The van der Waals surface area contributed by atoms with Crippen LogP contribution in [0.3, 0.4) is 0 Å². The van der Waals surface area contributed by atoms with E-state index in [0.29, 0.717) is 0 Å². The van der Waals surface area contributed by atoms with Gasteiger partial charge in [-0.2, -0.15) is 0 Å². The molecule has 3 nitrogen and oxygen atoms in total. The van der Waals surface area contributed by atoms with Crippen LogP contribution in [0.4, 0.5) is 0 Å². The van der Waals surface area contributed by atoms with Crippen molar-refractivity contribution in [3.63, 3.8) is 0 Å². The van der Waals surface area contributed by atoms with E-state index in [9.17, 15) is 0 Å². The molecule has 3 heterocycles. The van der Waals surface area contributed by atoms with Crippen LogP contribution in [0.5, 0.6) is 0 Å². The van der Waals surface area contributed by atoms with E-state index in [2.05, 4.69) is 5.32 Å². The summed E-state index contributed by atoms with van der Waals surface area (Å²) < 4.78 is 11.2. The highest BCUT2D eigenvalue weighted by molar-refractivity contribution is 5.16. The average Bonchev–Trinajstić information content (AvgIpc) is 2.75. The lowest BCUT2D eigenvalue weighted by molar-refractivity contribution is 0.395. The van der Waals surface area contributed by atoms with Crippen molar-refractivity contribution in [3.8, 4) is 0 Å². The first-order chi connectivity index (χ1) is 6.90. The fourth-order valence-electron chi connectivity index (χ4n) is 1.71. The fraction of sp³-hybridized carbons (Fsp3) is 0.273. The molecule has 2 aromatic heterocycles. The molecule has 0 unspecified atom stereocenters. The minimum absolute atomic E-state index is 0.750. The molecule has 2 aromatic rings. The second kappa shape index (κ2) is 3.03. The third-order valence-corrected chi connectivity index (χ3v) is 2.38. The number of furan rings is 2. The summed E-state index contributed by atoms with van der Waals surface area (Å²) in [6.07, 6.45) is 0.750. The first-order valence-electron chi connectivity index (χ1n) is 4.76. The van der Waals surface area contributed by atoms with Gasteiger partial charge in [-0.3, -0.25) is 0 Å². The molecule has 14 heavy (non-hydrogen) atoms. The van der Waals surface area contributed by atoms with Gasteiger partial charge in [-0.05, 0) is 24.3 Å². The Morgan fingerprint density at radius 3 is 1.86 bits per heavy atom. The van der Waals surface area contributed by atoms with Crippen LogP contribution in [0.2, 0.25) is 0 Å². The molecule has 0 amide bonds. The number of rotatable bonds is 0. The lowest BCUT2D eigenvalue weighted by Gasteiger charge is -2.02. The van der Waals surface area contributed by atoms with Gasteiger partial charge in [-0.15, -0.1) is 0 Å². The number of nitrogens with one attached hydrogen (secondary N) is 1. The monoisotopic (exact) mass is 189 g/mol. The first kappa shape index (κ1) is 7.88. The Bertz CT molecular complexity index is 401. The van der Waals surface area contributed by atoms with Gasteiger partial charge in [0.25, 0.3) is 0 Å². The largest absolute Gasteiger partial charge is 0.464 e. The number of hydrogen-bond donors (Lipinski definition) is 1. The standard InChI is InChI=1S/C11H11NO2/c1-3-10-6-12-7-11-4-2-9(14-11)5-8(1)13-10/h1-4,12H,5-7H2. The van der Waals surface area contributed by atoms with E-state index in [0.717, 1.165) is 42.6 Å². The Morgan fingerprint density at radius 2 is 1.29 bits per heavy atom. The van der Waals surface area contributed by atoms with E-state index in [1.807, 2.05) is 24.3 Å². The molecule has 0 aromatic carbocycles. The van der Waals surface area contributed by atoms with Gasteiger partial charge in [0.2, 0.25) is 0 Å². The number of fused-ring (bicyclic) bond motifs is 4. The molecule has 0 saturated carbocycles. The Kier molecular flexibility index (Phi) is 1.70. The summed E-state index contributed by atoms with van der Waals surface area (Å²) in [5.74, 6) is 3.90. The summed E-state index contributed by atoms with van der Waals surface area (Å²) in [5, 5.41) is 3.26. The summed E-state index contributed by atoms with van der Waals surface area (Å²) >= 11 is 0. The second-order valence-corrected chi connectivity index (χ2v) is 3.52. The van der Waals surface area contributed by atoms with Crippen molar-refractivity contribution in [3.05, 3.63) is 47.3 Å². The summed E-state index contributed by atoms with van der Waals surface area (Å²) in [4.78, 5) is 0. The van der Waals surface area contributed by atoms with Crippen molar-refractivity contribution in [2.45, 2.75) is 19.5 Å². The molecule has 3 heteroatoms. The number of hydrogen-bond acceptors (Lipinski definition) is 3. The second-order valence-electron chi connectivity index (χ2n) is 3.52. The minimum atomic E-state index is 0.750. The lowest BCUT2D eigenvalue weighted by atomic mass is 10.2. The minimum Gasteiger partial charge on any atom is -0.464 e. The van der Waals surface area contributed by atoms with E-state index < -0.39 is 0 Å². The molecule has 4 bridgehead atoms. The zero-order valence-corrected chi connectivity index (χ0v) is 7.75. The molecular weight excluding hydrogens is 178 g/mol. The molecule has 0 aliphatic carbocycles. The van der Waals surface area contributed by atoms with Crippen molar-refractivity contribution in [1.82, 2.24) is 5.32 Å². The van der Waals surface area contributed by atoms with Crippen LogP contribution in [0.25, 0.3) is 0 Å². The van der Waals surface area contributed by atoms with Crippen LogP contribution in [0, 0.1) is 0 Å². The van der Waals surface area contributed by atoms with Gasteiger partial charge in [-0.25, -0.2) is 0 Å². The molecule has 3 rings (SSSR count). The highest BCUT2D eigenvalue weighted by Gasteiger charge is 2.09. The van der Waals surface area contributed by atoms with Crippen LogP contribution >= 0.6 is 0 Å². The van der Waals surface area contributed by atoms with Crippen molar-refractivity contribution < 1.29 is 8.83 Å². The molecule has 1 N–H and O–H groups in total. The van der Waals surface area contributed by atoms with E-state index in [-0.39, 0.29) is 0 Å². The zero-order valence-electron chi connectivity index (χ0n) is 7.75. The van der Waals surface area contributed by atoms with Gasteiger partial charge >= 0.3 is 0 Å². The van der Waals surface area contributed by atoms with Crippen LogP contribution < -0.4 is 5.32 Å². The van der Waals surface area contributed by atoms with Crippen LogP contribution in [0.1, 0.15) is 23.0 Å². The summed E-state index contributed by atoms with van der Waals surface area (Å²) in [7, 11) is 0. The van der Waals surface area contributed by atoms with E-state index in [1.165, 1.54) is 0 Å². The molecule has 0 spiro atoms. The Hall–Kier alpha value is -1.48. The van der Waals surface area contributed by atoms with Crippen molar-refractivity contribution in [2.75, 3.05) is 0 Å². The summed E-state index contributed by atoms with van der Waals surface area (Å²) in [5.41, 5.74) is 0. The van der Waals surface area contributed by atoms with Gasteiger partial charge < -0.3 is 14.2 Å². The maximum absolute atomic E-state index is 5.60. The zero-order chi connectivity index (χ0) is 9.38. The third kappa shape index (κ3) is 1.36. The highest BCUT2D eigenvalue weighted by atomic mass is 16.4. The van der Waals surface area contributed by atoms with E-state index in [1.54, 1.807) is 0 Å². The van der Waals surface area contributed by atoms with Crippen molar-refractivity contribution in [1.29, 1.82) is 0 Å². The van der Waals surface area contributed by atoms with Gasteiger partial charge in [0.15, 0.2) is 0 Å².